The van der Waals surface area contributed by atoms with E-state index in [2.05, 4.69) is 21.2 Å². The van der Waals surface area contributed by atoms with Crippen LogP contribution in [-0.2, 0) is 9.59 Å². The van der Waals surface area contributed by atoms with Crippen LogP contribution in [-0.4, -0.2) is 49.7 Å². The fourth-order valence-electron chi connectivity index (χ4n) is 1.85. The highest BCUT2D eigenvalue weighted by molar-refractivity contribution is 6.45. The van der Waals surface area contributed by atoms with E-state index in [0.29, 0.717) is 30.3 Å². The molecule has 2 amide bonds. The van der Waals surface area contributed by atoms with Gasteiger partial charge in [-0.25, -0.2) is 0 Å². The van der Waals surface area contributed by atoms with Crippen molar-refractivity contribution in [1.82, 2.24) is 10.6 Å². The Labute approximate surface area is 162 Å². The average molecular weight is 389 g/mol. The molecule has 0 saturated carbocycles. The zero-order valence-electron chi connectivity index (χ0n) is 15.7. The Kier molecular flexibility index (Phi) is 9.32. The summed E-state index contributed by atoms with van der Waals surface area (Å²) >= 11 is 0. The second-order valence-corrected chi connectivity index (χ2v) is 5.42. The van der Waals surface area contributed by atoms with Gasteiger partial charge < -0.3 is 25.8 Å². The standard InChI is InChI=1S/C17H23N7O4/c1-11(25)21-5-7-27-15-4-3-13(23-24-14(10-18)17(19)20)9-16(15)28-8-6-22-12(2)26/h3-4,9,23H,5-8H2,1-2H3,(H3,19,20)(H,21,25)(H,22,26)/b24-14+. The molecule has 0 aromatic heterocycles. The van der Waals surface area contributed by atoms with Gasteiger partial charge in [-0.2, -0.15) is 10.4 Å². The van der Waals surface area contributed by atoms with Gasteiger partial charge in [0.1, 0.15) is 19.3 Å². The maximum Gasteiger partial charge on any atom is 0.216 e. The predicted molar refractivity (Wildman–Crippen MR) is 103 cm³/mol. The number of carbonyl (C=O) groups excluding carboxylic acids is 2. The highest BCUT2D eigenvalue weighted by atomic mass is 16.5. The molecule has 6 N–H and O–H groups in total. The lowest BCUT2D eigenvalue weighted by Crippen LogP contribution is -2.26. The van der Waals surface area contributed by atoms with Gasteiger partial charge in [0.05, 0.1) is 18.8 Å². The molecule has 150 valence electrons. The maximum atomic E-state index is 10.9. The van der Waals surface area contributed by atoms with Crippen LogP contribution in [0.15, 0.2) is 23.3 Å². The second-order valence-electron chi connectivity index (χ2n) is 5.42. The maximum absolute atomic E-state index is 10.9. The number of rotatable bonds is 11. The molecule has 0 aliphatic heterocycles. The summed E-state index contributed by atoms with van der Waals surface area (Å²) in [6, 6.07) is 6.54. The molecule has 0 radical (unpaired) electrons. The van der Waals surface area contributed by atoms with Gasteiger partial charge >= 0.3 is 0 Å². The van der Waals surface area contributed by atoms with Crippen LogP contribution < -0.4 is 31.3 Å². The monoisotopic (exact) mass is 389 g/mol. The first-order valence-corrected chi connectivity index (χ1v) is 8.30. The van der Waals surface area contributed by atoms with Gasteiger partial charge in [-0.1, -0.05) is 0 Å². The van der Waals surface area contributed by atoms with Crippen molar-refractivity contribution in [2.24, 2.45) is 10.8 Å². The number of nitrogens with two attached hydrogens (primary N) is 1. The number of nitriles is 1. The number of nitrogens with one attached hydrogen (secondary N) is 4. The van der Waals surface area contributed by atoms with E-state index in [-0.39, 0.29) is 30.7 Å². The van der Waals surface area contributed by atoms with E-state index in [1.165, 1.54) is 13.8 Å². The Hall–Kier alpha value is -3.81. The van der Waals surface area contributed by atoms with Crippen molar-refractivity contribution in [2.45, 2.75) is 13.8 Å². The van der Waals surface area contributed by atoms with Crippen LogP contribution in [0.2, 0.25) is 0 Å². The van der Waals surface area contributed by atoms with E-state index in [1.807, 2.05) is 0 Å². The summed E-state index contributed by atoms with van der Waals surface area (Å²) in [7, 11) is 0. The molecule has 0 unspecified atom stereocenters. The van der Waals surface area contributed by atoms with E-state index >= 15 is 0 Å². The molecule has 11 heteroatoms. The van der Waals surface area contributed by atoms with E-state index < -0.39 is 5.84 Å². The van der Waals surface area contributed by atoms with Crippen molar-refractivity contribution in [3.8, 4) is 17.6 Å². The number of benzene rings is 1. The first-order chi connectivity index (χ1) is 13.3. The SMILES string of the molecule is CC(=O)NCCOc1ccc(N/N=C(\C#N)C(=N)N)cc1OCCNC(C)=O. The van der Waals surface area contributed by atoms with Gasteiger partial charge in [-0.3, -0.25) is 20.4 Å². The Morgan fingerprint density at radius 3 is 2.21 bits per heavy atom. The molecule has 1 aromatic carbocycles. The van der Waals surface area contributed by atoms with Crippen molar-refractivity contribution >= 4 is 29.0 Å². The van der Waals surface area contributed by atoms with Crippen molar-refractivity contribution in [2.75, 3.05) is 31.7 Å². The molecule has 0 spiro atoms. The number of anilines is 1. The van der Waals surface area contributed by atoms with Crippen molar-refractivity contribution < 1.29 is 19.1 Å². The topological polar surface area (TPSA) is 175 Å². The molecule has 0 heterocycles. The normalized spacial score (nSPS) is 10.4. The molecule has 1 aromatic rings. The Morgan fingerprint density at radius 1 is 1.14 bits per heavy atom. The molecule has 0 bridgehead atoms. The quantitative estimate of drug-likeness (QED) is 0.152. The van der Waals surface area contributed by atoms with Gasteiger partial charge in [-0.15, -0.1) is 0 Å². The minimum absolute atomic E-state index is 0.161. The highest BCUT2D eigenvalue weighted by Crippen LogP contribution is 2.30. The van der Waals surface area contributed by atoms with Crippen molar-refractivity contribution in [3.05, 3.63) is 18.2 Å². The molecule has 0 aliphatic rings. The Bertz CT molecular complexity index is 786. The van der Waals surface area contributed by atoms with E-state index in [9.17, 15) is 9.59 Å². The molecule has 1 rings (SSSR count). The van der Waals surface area contributed by atoms with E-state index in [4.69, 9.17) is 25.9 Å². The predicted octanol–water partition coefficient (Wildman–Crippen LogP) is -0.0561. The molecule has 0 aliphatic carbocycles. The molecular formula is C17H23N7O4. The van der Waals surface area contributed by atoms with Crippen LogP contribution in [0.4, 0.5) is 5.69 Å². The lowest BCUT2D eigenvalue weighted by Gasteiger charge is -2.14. The van der Waals surface area contributed by atoms with Gasteiger partial charge in [-0.05, 0) is 12.1 Å². The minimum Gasteiger partial charge on any atom is -0.488 e. The summed E-state index contributed by atoms with van der Waals surface area (Å²) in [5, 5.41) is 25.1. The van der Waals surface area contributed by atoms with Crippen LogP contribution in [0.5, 0.6) is 11.5 Å². The average Bonchev–Trinajstić information content (AvgIpc) is 2.63. The third kappa shape index (κ3) is 8.52. The van der Waals surface area contributed by atoms with Crippen molar-refractivity contribution in [3.63, 3.8) is 0 Å². The second kappa shape index (κ2) is 11.7. The minimum atomic E-state index is -0.459. The zero-order valence-corrected chi connectivity index (χ0v) is 15.7. The fraction of sp³-hybridized carbons (Fsp3) is 0.353. The molecular weight excluding hydrogens is 366 g/mol. The Morgan fingerprint density at radius 2 is 1.71 bits per heavy atom. The number of hydrazone groups is 1. The summed E-state index contributed by atoms with van der Waals surface area (Å²) in [5.41, 5.74) is 8.07. The van der Waals surface area contributed by atoms with Crippen LogP contribution in [0, 0.1) is 16.7 Å². The number of ether oxygens (including phenoxy) is 2. The lowest BCUT2D eigenvalue weighted by atomic mass is 10.3. The highest BCUT2D eigenvalue weighted by Gasteiger charge is 2.08. The van der Waals surface area contributed by atoms with E-state index in [1.54, 1.807) is 24.3 Å². The smallest absolute Gasteiger partial charge is 0.216 e. The summed E-state index contributed by atoms with van der Waals surface area (Å²) in [5.74, 6) is 0.00385. The molecule has 0 atom stereocenters. The fourth-order valence-corrected chi connectivity index (χ4v) is 1.85. The summed E-state index contributed by atoms with van der Waals surface area (Å²) in [4.78, 5) is 21.8. The van der Waals surface area contributed by atoms with E-state index in [0.717, 1.165) is 0 Å². The third-order valence-corrected chi connectivity index (χ3v) is 3.07. The number of nitrogens with zero attached hydrogens (tertiary/aromatic N) is 2. The summed E-state index contributed by atoms with van der Waals surface area (Å²) < 4.78 is 11.2. The molecule has 28 heavy (non-hydrogen) atoms. The lowest BCUT2D eigenvalue weighted by molar-refractivity contribution is -0.119. The number of hydrogen-bond donors (Lipinski definition) is 5. The number of amides is 2. The third-order valence-electron chi connectivity index (χ3n) is 3.07. The molecule has 11 nitrogen and oxygen atoms in total. The first-order valence-electron chi connectivity index (χ1n) is 8.30. The molecule has 0 fully saturated rings. The number of hydrogen-bond acceptors (Lipinski definition) is 8. The van der Waals surface area contributed by atoms with Gasteiger partial charge in [0.15, 0.2) is 17.3 Å². The van der Waals surface area contributed by atoms with Crippen LogP contribution in [0.25, 0.3) is 0 Å². The summed E-state index contributed by atoms with van der Waals surface area (Å²) in [6.45, 7) is 3.88. The number of amidine groups is 1. The van der Waals surface area contributed by atoms with Crippen molar-refractivity contribution in [1.29, 1.82) is 10.7 Å². The molecule has 0 saturated heterocycles. The number of carbonyl (C=O) groups is 2. The van der Waals surface area contributed by atoms with Crippen LogP contribution in [0.1, 0.15) is 13.8 Å². The van der Waals surface area contributed by atoms with Gasteiger partial charge in [0.25, 0.3) is 0 Å². The van der Waals surface area contributed by atoms with Crippen LogP contribution >= 0.6 is 0 Å². The zero-order chi connectivity index (χ0) is 20.9. The Balaban J connectivity index is 2.85. The van der Waals surface area contributed by atoms with Gasteiger partial charge in [0, 0.05) is 19.9 Å². The largest absolute Gasteiger partial charge is 0.488 e. The summed E-state index contributed by atoms with van der Waals surface area (Å²) in [6.07, 6.45) is 0. The first kappa shape index (κ1) is 22.2. The van der Waals surface area contributed by atoms with Gasteiger partial charge in [0.2, 0.25) is 17.5 Å². The van der Waals surface area contributed by atoms with Crippen LogP contribution in [0.3, 0.4) is 0 Å².